The first-order valence-corrected chi connectivity index (χ1v) is 10.3. The molecule has 4 rings (SSSR count). The molecule has 0 aromatic heterocycles. The van der Waals surface area contributed by atoms with Gasteiger partial charge < -0.3 is 4.74 Å². The highest BCUT2D eigenvalue weighted by Gasteiger charge is 2.33. The molecule has 28 heavy (non-hydrogen) atoms. The minimum absolute atomic E-state index is 0.0417. The molecule has 0 bridgehead atoms. The number of hydrogen-bond donors (Lipinski definition) is 0. The van der Waals surface area contributed by atoms with Gasteiger partial charge in [0.2, 0.25) is 0 Å². The molecule has 3 aromatic rings. The largest absolute Gasteiger partial charge is 0.484 e. The van der Waals surface area contributed by atoms with Crippen LogP contribution < -0.4 is 4.74 Å². The molecule has 4 nitrogen and oxygen atoms in total. The van der Waals surface area contributed by atoms with E-state index in [1.807, 2.05) is 37.3 Å². The first-order chi connectivity index (χ1) is 13.4. The van der Waals surface area contributed by atoms with E-state index in [9.17, 15) is 12.8 Å². The van der Waals surface area contributed by atoms with E-state index in [4.69, 9.17) is 8.92 Å². The monoisotopic (exact) mass is 398 g/mol. The van der Waals surface area contributed by atoms with Gasteiger partial charge in [0.15, 0.2) is 0 Å². The van der Waals surface area contributed by atoms with Gasteiger partial charge in [-0.25, -0.2) is 4.39 Å². The van der Waals surface area contributed by atoms with Gasteiger partial charge in [-0.15, -0.1) is 0 Å². The lowest BCUT2D eigenvalue weighted by atomic mass is 9.98. The van der Waals surface area contributed by atoms with Crippen molar-refractivity contribution in [1.29, 1.82) is 0 Å². The molecule has 1 unspecified atom stereocenters. The average Bonchev–Trinajstić information content (AvgIpc) is 3.15. The van der Waals surface area contributed by atoms with Crippen LogP contribution in [0.5, 0.6) is 5.75 Å². The van der Waals surface area contributed by atoms with E-state index in [0.717, 1.165) is 23.8 Å². The summed E-state index contributed by atoms with van der Waals surface area (Å²) in [6.07, 6.45) is -0.369. The molecule has 0 aliphatic carbocycles. The van der Waals surface area contributed by atoms with Gasteiger partial charge in [0, 0.05) is 23.1 Å². The van der Waals surface area contributed by atoms with Crippen molar-refractivity contribution in [1.82, 2.24) is 0 Å². The summed E-state index contributed by atoms with van der Waals surface area (Å²) in [5.74, 6) is 0.0967. The molecule has 1 heterocycles. The highest BCUT2D eigenvalue weighted by molar-refractivity contribution is 7.86. The summed E-state index contributed by atoms with van der Waals surface area (Å²) in [4.78, 5) is 0.0417. The lowest BCUT2D eigenvalue weighted by Gasteiger charge is -2.17. The maximum atomic E-state index is 14.5. The minimum Gasteiger partial charge on any atom is -0.484 e. The molecule has 0 radical (unpaired) electrons. The highest BCUT2D eigenvalue weighted by Crippen LogP contribution is 2.45. The molecule has 0 saturated carbocycles. The lowest BCUT2D eigenvalue weighted by molar-refractivity contribution is 0.235. The van der Waals surface area contributed by atoms with Crippen molar-refractivity contribution in [2.24, 2.45) is 0 Å². The van der Waals surface area contributed by atoms with Crippen molar-refractivity contribution < 1.29 is 21.7 Å². The summed E-state index contributed by atoms with van der Waals surface area (Å²) in [5, 5.41) is 0. The van der Waals surface area contributed by atoms with Crippen LogP contribution in [0.3, 0.4) is 0 Å². The Hall–Kier alpha value is -2.70. The molecule has 144 valence electrons. The second kappa shape index (κ2) is 7.04. The molecule has 1 aliphatic rings. The minimum atomic E-state index is -3.92. The molecule has 0 spiro atoms. The Labute approximate surface area is 163 Å². The van der Waals surface area contributed by atoms with Gasteiger partial charge >= 0.3 is 0 Å². The molecule has 0 saturated heterocycles. The fourth-order valence-electron chi connectivity index (χ4n) is 3.55. The van der Waals surface area contributed by atoms with Crippen LogP contribution in [0.4, 0.5) is 4.39 Å². The van der Waals surface area contributed by atoms with Gasteiger partial charge in [0.25, 0.3) is 10.1 Å². The average molecular weight is 398 g/mol. The Morgan fingerprint density at radius 1 is 1.07 bits per heavy atom. The molecular formula is C22H19FO4S. The van der Waals surface area contributed by atoms with Gasteiger partial charge in [-0.1, -0.05) is 48.0 Å². The van der Waals surface area contributed by atoms with Crippen molar-refractivity contribution in [3.63, 3.8) is 0 Å². The third kappa shape index (κ3) is 3.19. The van der Waals surface area contributed by atoms with Gasteiger partial charge in [0.1, 0.15) is 22.6 Å². The molecule has 1 aliphatic heterocycles. The van der Waals surface area contributed by atoms with Crippen LogP contribution in [0.25, 0.3) is 11.1 Å². The fraction of sp³-hybridized carbons (Fsp3) is 0.182. The molecular weight excluding hydrogens is 379 g/mol. The predicted octanol–water partition coefficient (Wildman–Crippen LogP) is 4.81. The molecule has 3 aromatic carbocycles. The Morgan fingerprint density at radius 3 is 2.54 bits per heavy atom. The Morgan fingerprint density at radius 2 is 1.82 bits per heavy atom. The molecule has 0 fully saturated rings. The summed E-state index contributed by atoms with van der Waals surface area (Å²) in [6, 6.07) is 17.6. The molecule has 1 atom stereocenters. The number of halogens is 1. The Kier molecular flexibility index (Phi) is 4.69. The summed E-state index contributed by atoms with van der Waals surface area (Å²) >= 11 is 0. The molecule has 0 amide bonds. The summed E-state index contributed by atoms with van der Waals surface area (Å²) in [7, 11) is -2.80. The number of fused-ring (bicyclic) bond motifs is 1. The van der Waals surface area contributed by atoms with Crippen LogP contribution in [0.1, 0.15) is 22.8 Å². The van der Waals surface area contributed by atoms with E-state index in [0.29, 0.717) is 16.9 Å². The van der Waals surface area contributed by atoms with Crippen molar-refractivity contribution in [2.45, 2.75) is 24.3 Å². The number of rotatable bonds is 4. The fourth-order valence-corrected chi connectivity index (χ4v) is 4.45. The van der Waals surface area contributed by atoms with Crippen molar-refractivity contribution >= 4 is 10.1 Å². The normalized spacial score (nSPS) is 15.9. The first kappa shape index (κ1) is 18.7. The van der Waals surface area contributed by atoms with E-state index >= 15 is 0 Å². The first-order valence-electron chi connectivity index (χ1n) is 8.85. The van der Waals surface area contributed by atoms with Crippen molar-refractivity contribution in [2.75, 3.05) is 7.11 Å². The summed E-state index contributed by atoms with van der Waals surface area (Å²) < 4.78 is 50.1. The molecule has 6 heteroatoms. The van der Waals surface area contributed by atoms with Gasteiger partial charge in [-0.2, -0.15) is 8.42 Å². The van der Waals surface area contributed by atoms with Gasteiger partial charge in [0.05, 0.1) is 7.11 Å². The summed E-state index contributed by atoms with van der Waals surface area (Å²) in [5.41, 5.74) is 3.50. The smallest absolute Gasteiger partial charge is 0.297 e. The van der Waals surface area contributed by atoms with Gasteiger partial charge in [-0.3, -0.25) is 4.18 Å². The van der Waals surface area contributed by atoms with E-state index in [1.54, 1.807) is 18.2 Å². The van der Waals surface area contributed by atoms with Crippen LogP contribution in [0.15, 0.2) is 65.6 Å². The SMILES string of the molecule is COS(=O)(=O)c1ccc(C)cc1C1Cc2c(F)ccc(-c3ccccc3)c2O1. The second-order valence-corrected chi connectivity index (χ2v) is 8.42. The van der Waals surface area contributed by atoms with Crippen LogP contribution in [0.2, 0.25) is 0 Å². The number of hydrogen-bond acceptors (Lipinski definition) is 4. The maximum absolute atomic E-state index is 14.5. The maximum Gasteiger partial charge on any atom is 0.297 e. The third-order valence-electron chi connectivity index (χ3n) is 4.94. The highest BCUT2D eigenvalue weighted by atomic mass is 32.2. The lowest BCUT2D eigenvalue weighted by Crippen LogP contribution is -2.12. The van der Waals surface area contributed by atoms with Crippen LogP contribution in [0, 0.1) is 12.7 Å². The van der Waals surface area contributed by atoms with Crippen molar-refractivity contribution in [3.05, 3.63) is 83.2 Å². The van der Waals surface area contributed by atoms with Crippen molar-refractivity contribution in [3.8, 4) is 16.9 Å². The van der Waals surface area contributed by atoms with E-state index in [-0.39, 0.29) is 17.1 Å². The standard InChI is InChI=1S/C22H19FO4S/c1-14-8-11-21(28(24,25)26-2)18(12-14)20-13-17-19(23)10-9-16(22(17)27-20)15-6-4-3-5-7-15/h3-12,20H,13H2,1-2H3. The topological polar surface area (TPSA) is 52.6 Å². The zero-order valence-electron chi connectivity index (χ0n) is 15.5. The van der Waals surface area contributed by atoms with E-state index < -0.39 is 16.2 Å². The zero-order valence-corrected chi connectivity index (χ0v) is 16.3. The van der Waals surface area contributed by atoms with Crippen LogP contribution in [-0.4, -0.2) is 15.5 Å². The number of benzene rings is 3. The Balaban J connectivity index is 1.82. The second-order valence-electron chi connectivity index (χ2n) is 6.74. The Bertz CT molecular complexity index is 1140. The summed E-state index contributed by atoms with van der Waals surface area (Å²) in [6.45, 7) is 1.87. The zero-order chi connectivity index (χ0) is 19.9. The third-order valence-corrected chi connectivity index (χ3v) is 6.29. The molecule has 0 N–H and O–H groups in total. The van der Waals surface area contributed by atoms with E-state index in [2.05, 4.69) is 0 Å². The number of aryl methyl sites for hydroxylation is 1. The van der Waals surface area contributed by atoms with Crippen LogP contribution >= 0.6 is 0 Å². The van der Waals surface area contributed by atoms with E-state index in [1.165, 1.54) is 12.1 Å². The predicted molar refractivity (Wildman–Crippen MR) is 104 cm³/mol. The number of ether oxygens (including phenoxy) is 1. The van der Waals surface area contributed by atoms with Crippen LogP contribution in [-0.2, 0) is 20.7 Å². The van der Waals surface area contributed by atoms with Gasteiger partial charge in [-0.05, 0) is 30.7 Å². The quantitative estimate of drug-likeness (QED) is 0.592.